The molecule has 4 aromatic carbocycles. The highest BCUT2D eigenvalue weighted by Gasteiger charge is 2.32. The van der Waals surface area contributed by atoms with Crippen molar-refractivity contribution >= 4 is 47.3 Å². The fourth-order valence-electron chi connectivity index (χ4n) is 8.05. The minimum Gasteiger partial charge on any atom is -0.496 e. The number of nitrogens with zero attached hydrogens (tertiary/aromatic N) is 7. The number of carboxylic acids is 1. The standard InChI is InChI=1S/C25H23F3N4O4.C15H11F3O3.C10H14N4O2.ClH/c1-16-15-30(11-12-31(16)20-8-10-23(29-14-20)32(34)35)24(33)18-5-9-21(22(13-18)36-2)17-3-6-19(7-4-17)25(26,27)28;1-21-13-8-10(14(19)20)4-7-12(13)9-2-5-11(6-3-9)15(16,17)18;1-8-6-11-4-5-13(8)9-2-3-10(12-7-9)14(15)16;/h3-10,13-14,16H,11-12,15H2,1-2H3;2-8H,1H3,(H,19,20);2-3,7-8,11H,4-6H2,1H3;1H/t16-;;8-;/m1.1./s1. The van der Waals surface area contributed by atoms with Crippen molar-refractivity contribution in [3.8, 4) is 33.8 Å². The van der Waals surface area contributed by atoms with Crippen LogP contribution in [0.2, 0.25) is 0 Å². The minimum atomic E-state index is -4.42. The van der Waals surface area contributed by atoms with E-state index in [4.69, 9.17) is 14.6 Å². The molecule has 2 aliphatic heterocycles. The number of benzene rings is 4. The Morgan fingerprint density at radius 2 is 1.09 bits per heavy atom. The van der Waals surface area contributed by atoms with Crippen molar-refractivity contribution in [1.82, 2.24) is 20.2 Å². The van der Waals surface area contributed by atoms with Gasteiger partial charge in [0, 0.05) is 80.2 Å². The van der Waals surface area contributed by atoms with E-state index in [1.54, 1.807) is 41.4 Å². The smallest absolute Gasteiger partial charge is 0.416 e. The maximum atomic E-state index is 13.2. The molecule has 0 aliphatic carbocycles. The van der Waals surface area contributed by atoms with Crippen molar-refractivity contribution in [2.75, 3.05) is 63.3 Å². The summed E-state index contributed by atoms with van der Waals surface area (Å²) in [4.78, 5) is 58.0. The number of methoxy groups -OCH3 is 2. The van der Waals surface area contributed by atoms with E-state index in [1.165, 1.54) is 75.0 Å². The molecular weight excluding hydrogens is 1010 g/mol. The summed E-state index contributed by atoms with van der Waals surface area (Å²) >= 11 is 0. The van der Waals surface area contributed by atoms with Gasteiger partial charge in [-0.25, -0.2) is 4.79 Å². The molecule has 8 rings (SSSR count). The monoisotopic (exact) mass is 1050 g/mol. The number of amides is 1. The Hall–Kier alpha value is -8.05. The molecular formula is C50H49ClF6N8O9. The zero-order valence-electron chi connectivity index (χ0n) is 40.0. The number of aromatic nitrogens is 2. The number of nitro groups is 2. The van der Waals surface area contributed by atoms with Crippen LogP contribution in [0.15, 0.2) is 122 Å². The fraction of sp³-hybridized carbons (Fsp3) is 0.280. The zero-order chi connectivity index (χ0) is 53.2. The van der Waals surface area contributed by atoms with Gasteiger partial charge in [-0.1, -0.05) is 24.3 Å². The zero-order valence-corrected chi connectivity index (χ0v) is 40.8. The summed E-state index contributed by atoms with van der Waals surface area (Å²) in [6, 6.07) is 25.0. The van der Waals surface area contributed by atoms with Gasteiger partial charge >= 0.3 is 30.0 Å². The first-order valence-corrected chi connectivity index (χ1v) is 22.3. The Bertz CT molecular complexity index is 2900. The third-order valence-electron chi connectivity index (χ3n) is 11.9. The number of halogens is 7. The first-order chi connectivity index (χ1) is 34.6. The second-order valence-corrected chi connectivity index (χ2v) is 16.6. The Balaban J connectivity index is 0.000000225. The van der Waals surface area contributed by atoms with E-state index < -0.39 is 39.3 Å². The molecule has 0 saturated carbocycles. The number of pyridine rings is 2. The SMILES string of the molecule is COc1cc(C(=O)N2CCN(c3ccc([N+](=O)[O-])nc3)[C@H](C)C2)ccc1-c1ccc(C(F)(F)F)cc1.COc1cc(C(=O)O)ccc1-c1ccc(C(F)(F)F)cc1.C[C@@H]1CNCCN1c1ccc([N+](=O)[O-])nc1.Cl. The third-order valence-corrected chi connectivity index (χ3v) is 11.9. The number of carboxylic acid groups (broad SMARTS) is 1. The summed E-state index contributed by atoms with van der Waals surface area (Å²) < 4.78 is 86.7. The summed E-state index contributed by atoms with van der Waals surface area (Å²) in [5.74, 6) is -0.966. The number of nitrogens with one attached hydrogen (secondary N) is 1. The van der Waals surface area contributed by atoms with E-state index in [9.17, 15) is 56.2 Å². The molecule has 1 amide bonds. The maximum Gasteiger partial charge on any atom is 0.416 e. The highest BCUT2D eigenvalue weighted by atomic mass is 35.5. The molecule has 2 saturated heterocycles. The van der Waals surface area contributed by atoms with Gasteiger partial charge in [-0.2, -0.15) is 26.3 Å². The van der Waals surface area contributed by atoms with Crippen LogP contribution in [0.4, 0.5) is 49.4 Å². The largest absolute Gasteiger partial charge is 0.496 e. The molecule has 0 radical (unpaired) electrons. The Morgan fingerprint density at radius 3 is 1.47 bits per heavy atom. The lowest BCUT2D eigenvalue weighted by Gasteiger charge is -2.40. The predicted molar refractivity (Wildman–Crippen MR) is 265 cm³/mol. The second kappa shape index (κ2) is 24.6. The Kier molecular flexibility index (Phi) is 18.9. The molecule has 17 nitrogen and oxygen atoms in total. The average Bonchev–Trinajstić information content (AvgIpc) is 3.38. The van der Waals surface area contributed by atoms with Crippen LogP contribution in [0, 0.1) is 20.2 Å². The van der Waals surface area contributed by atoms with Gasteiger partial charge in [0.05, 0.1) is 42.3 Å². The van der Waals surface area contributed by atoms with Crippen molar-refractivity contribution in [3.63, 3.8) is 0 Å². The van der Waals surface area contributed by atoms with Crippen LogP contribution in [-0.2, 0) is 12.4 Å². The Labute approximate surface area is 426 Å². The van der Waals surface area contributed by atoms with Crippen molar-refractivity contribution in [2.45, 2.75) is 38.3 Å². The average molecular weight is 1060 g/mol. The Morgan fingerprint density at radius 1 is 0.649 bits per heavy atom. The van der Waals surface area contributed by atoms with Crippen LogP contribution < -0.4 is 24.6 Å². The maximum absolute atomic E-state index is 13.2. The molecule has 2 aliphatic rings. The van der Waals surface area contributed by atoms with Crippen LogP contribution in [0.1, 0.15) is 45.7 Å². The predicted octanol–water partition coefficient (Wildman–Crippen LogP) is 10.3. The van der Waals surface area contributed by atoms with Crippen molar-refractivity contribution in [3.05, 3.63) is 164 Å². The van der Waals surface area contributed by atoms with Crippen LogP contribution in [0.25, 0.3) is 22.3 Å². The molecule has 0 spiro atoms. The number of aromatic carboxylic acids is 1. The van der Waals surface area contributed by atoms with Crippen LogP contribution in [0.3, 0.4) is 0 Å². The highest BCUT2D eigenvalue weighted by Crippen LogP contribution is 2.37. The fourth-order valence-corrected chi connectivity index (χ4v) is 8.05. The van der Waals surface area contributed by atoms with E-state index in [2.05, 4.69) is 27.1 Å². The van der Waals surface area contributed by atoms with Gasteiger partial charge < -0.3 is 54.8 Å². The lowest BCUT2D eigenvalue weighted by atomic mass is 10.0. The van der Waals surface area contributed by atoms with E-state index in [0.717, 1.165) is 55.3 Å². The normalized spacial score (nSPS) is 15.5. The molecule has 2 aromatic heterocycles. The summed E-state index contributed by atoms with van der Waals surface area (Å²) in [7, 11) is 2.81. The molecule has 6 aromatic rings. The lowest BCUT2D eigenvalue weighted by molar-refractivity contribution is -0.389. The molecule has 0 bridgehead atoms. The molecule has 4 heterocycles. The summed E-state index contributed by atoms with van der Waals surface area (Å²) in [5, 5.41) is 33.5. The first kappa shape index (κ1) is 56.9. The van der Waals surface area contributed by atoms with Gasteiger partial charge in [-0.3, -0.25) is 4.79 Å². The third kappa shape index (κ3) is 14.1. The van der Waals surface area contributed by atoms with Crippen molar-refractivity contribution < 1.29 is 60.4 Å². The van der Waals surface area contributed by atoms with Gasteiger partial charge in [0.1, 0.15) is 11.5 Å². The molecule has 74 heavy (non-hydrogen) atoms. The second-order valence-electron chi connectivity index (χ2n) is 16.6. The summed E-state index contributed by atoms with van der Waals surface area (Å²) in [5.41, 5.74) is 2.80. The van der Waals surface area contributed by atoms with E-state index in [0.29, 0.717) is 59.2 Å². The van der Waals surface area contributed by atoms with E-state index in [1.807, 2.05) is 11.8 Å². The van der Waals surface area contributed by atoms with E-state index >= 15 is 0 Å². The number of rotatable bonds is 10. The van der Waals surface area contributed by atoms with Gasteiger partial charge in [0.2, 0.25) is 0 Å². The molecule has 24 heteroatoms. The summed E-state index contributed by atoms with van der Waals surface area (Å²) in [6.07, 6.45) is -5.79. The number of hydrogen-bond acceptors (Lipinski definition) is 13. The van der Waals surface area contributed by atoms with Crippen LogP contribution in [-0.4, -0.2) is 107 Å². The number of carbonyl (C=O) groups is 2. The van der Waals surface area contributed by atoms with Crippen molar-refractivity contribution in [2.24, 2.45) is 0 Å². The molecule has 0 unspecified atom stereocenters. The van der Waals surface area contributed by atoms with Crippen molar-refractivity contribution in [1.29, 1.82) is 0 Å². The number of ether oxygens (including phenoxy) is 2. The van der Waals surface area contributed by atoms with Crippen LogP contribution in [0.5, 0.6) is 11.5 Å². The topological polar surface area (TPSA) is 207 Å². The summed E-state index contributed by atoms with van der Waals surface area (Å²) in [6.45, 7) is 8.22. The van der Waals surface area contributed by atoms with Gasteiger partial charge in [-0.15, -0.1) is 12.4 Å². The number of carbonyl (C=O) groups excluding carboxylic acids is 1. The number of hydrogen-bond donors (Lipinski definition) is 2. The lowest BCUT2D eigenvalue weighted by Crippen LogP contribution is -2.53. The first-order valence-electron chi connectivity index (χ1n) is 22.3. The minimum absolute atomic E-state index is 0. The molecule has 2 fully saturated rings. The number of piperazine rings is 2. The van der Waals surface area contributed by atoms with Gasteiger partial charge in [0.15, 0.2) is 12.4 Å². The van der Waals surface area contributed by atoms with Crippen LogP contribution >= 0.6 is 12.4 Å². The number of alkyl halides is 6. The molecule has 2 atom stereocenters. The quantitative estimate of drug-likeness (QED) is 0.0744. The molecule has 392 valence electrons. The molecule has 2 N–H and O–H groups in total. The highest BCUT2D eigenvalue weighted by molar-refractivity contribution is 5.96. The van der Waals surface area contributed by atoms with Gasteiger partial charge in [0.25, 0.3) is 5.91 Å². The van der Waals surface area contributed by atoms with E-state index in [-0.39, 0.29) is 47.3 Å². The van der Waals surface area contributed by atoms with Gasteiger partial charge in [-0.05, 0) is 118 Å². The number of anilines is 2.